The molecule has 1 fully saturated rings. The number of nitrogens with one attached hydrogen (secondary N) is 2. The highest BCUT2D eigenvalue weighted by atomic mass is 19.4. The standard InChI is InChI=1S/C25H25F3N2O5/c26-25(27,28)20(23(32)33)12-29-22(31)18-10-5-11-21(18)30-24(34)35-13-19-16-8-3-1-6-14(16)15-7-2-4-9-17(15)19/h1-4,6-9,18-21H,5,10-13H2,(H,29,31)(H,30,34)(H,32,33)/t18-,20?,21+/m0/s1. The third-order valence-electron chi connectivity index (χ3n) is 6.67. The van der Waals surface area contributed by atoms with Crippen LogP contribution >= 0.6 is 0 Å². The van der Waals surface area contributed by atoms with Crippen molar-refractivity contribution >= 4 is 18.0 Å². The monoisotopic (exact) mass is 490 g/mol. The van der Waals surface area contributed by atoms with Crippen molar-refractivity contribution in [1.29, 1.82) is 0 Å². The molecule has 7 nitrogen and oxygen atoms in total. The lowest BCUT2D eigenvalue weighted by molar-refractivity contribution is -0.192. The first-order chi connectivity index (χ1) is 16.7. The summed E-state index contributed by atoms with van der Waals surface area (Å²) in [5.74, 6) is -6.37. The van der Waals surface area contributed by atoms with Crippen molar-refractivity contribution in [3.8, 4) is 11.1 Å². The van der Waals surface area contributed by atoms with E-state index in [1.165, 1.54) is 0 Å². The summed E-state index contributed by atoms with van der Waals surface area (Å²) in [5.41, 5.74) is 4.28. The smallest absolute Gasteiger partial charge is 0.407 e. The molecule has 2 aromatic rings. The number of carbonyl (C=O) groups excluding carboxylic acids is 2. The second kappa shape index (κ2) is 9.97. The molecule has 10 heteroatoms. The largest absolute Gasteiger partial charge is 0.481 e. The average molecular weight is 490 g/mol. The van der Waals surface area contributed by atoms with Crippen LogP contribution in [0.5, 0.6) is 0 Å². The van der Waals surface area contributed by atoms with Crippen LogP contribution in [0, 0.1) is 11.8 Å². The van der Waals surface area contributed by atoms with Crippen LogP contribution in [0.4, 0.5) is 18.0 Å². The molecule has 3 atom stereocenters. The number of ether oxygens (including phenoxy) is 1. The van der Waals surface area contributed by atoms with Crippen molar-refractivity contribution in [1.82, 2.24) is 10.6 Å². The topological polar surface area (TPSA) is 105 Å². The molecule has 2 aliphatic carbocycles. The molecule has 0 heterocycles. The number of fused-ring (bicyclic) bond motifs is 3. The molecule has 35 heavy (non-hydrogen) atoms. The van der Waals surface area contributed by atoms with Crippen LogP contribution < -0.4 is 10.6 Å². The number of aliphatic carboxylic acids is 1. The van der Waals surface area contributed by atoms with Crippen LogP contribution in [-0.4, -0.2) is 48.4 Å². The Morgan fingerprint density at radius 1 is 1.00 bits per heavy atom. The van der Waals surface area contributed by atoms with E-state index >= 15 is 0 Å². The fourth-order valence-electron chi connectivity index (χ4n) is 4.91. The van der Waals surface area contributed by atoms with E-state index in [1.54, 1.807) is 0 Å². The summed E-state index contributed by atoms with van der Waals surface area (Å²) in [7, 11) is 0. The SMILES string of the molecule is O=C(N[C@@H]1CCC[C@@H]1C(=O)NCC(C(=O)O)C(F)(F)F)OCC1c2ccccc2-c2ccccc21. The Balaban J connectivity index is 1.34. The van der Waals surface area contributed by atoms with E-state index in [1.807, 2.05) is 48.5 Å². The number of benzene rings is 2. The predicted octanol–water partition coefficient (Wildman–Crippen LogP) is 4.07. The van der Waals surface area contributed by atoms with E-state index < -0.39 is 48.6 Å². The molecule has 4 rings (SSSR count). The van der Waals surface area contributed by atoms with Crippen molar-refractivity contribution in [2.75, 3.05) is 13.2 Å². The van der Waals surface area contributed by atoms with Crippen LogP contribution in [0.2, 0.25) is 0 Å². The fraction of sp³-hybridized carbons (Fsp3) is 0.400. The van der Waals surface area contributed by atoms with Gasteiger partial charge in [0.25, 0.3) is 0 Å². The first kappa shape index (κ1) is 24.6. The molecule has 0 aromatic heterocycles. The number of carboxylic acids is 1. The predicted molar refractivity (Wildman–Crippen MR) is 120 cm³/mol. The van der Waals surface area contributed by atoms with E-state index in [9.17, 15) is 27.6 Å². The first-order valence-corrected chi connectivity index (χ1v) is 11.4. The van der Waals surface area contributed by atoms with E-state index in [-0.39, 0.29) is 12.5 Å². The Morgan fingerprint density at radius 2 is 1.60 bits per heavy atom. The number of carboxylic acid groups (broad SMARTS) is 1. The number of alkyl halides is 3. The van der Waals surface area contributed by atoms with Gasteiger partial charge in [0, 0.05) is 18.5 Å². The summed E-state index contributed by atoms with van der Waals surface area (Å²) in [6, 6.07) is 15.1. The fourth-order valence-corrected chi connectivity index (χ4v) is 4.91. The summed E-state index contributed by atoms with van der Waals surface area (Å²) in [6.45, 7) is -0.971. The molecule has 0 spiro atoms. The zero-order valence-corrected chi connectivity index (χ0v) is 18.7. The van der Waals surface area contributed by atoms with Crippen LogP contribution in [0.25, 0.3) is 11.1 Å². The Kier molecular flexibility index (Phi) is 7.00. The maximum Gasteiger partial charge on any atom is 0.407 e. The molecular formula is C25H25F3N2O5. The van der Waals surface area contributed by atoms with Gasteiger partial charge in [0.15, 0.2) is 5.92 Å². The highest BCUT2D eigenvalue weighted by Crippen LogP contribution is 2.44. The van der Waals surface area contributed by atoms with Gasteiger partial charge in [-0.1, -0.05) is 55.0 Å². The molecule has 0 radical (unpaired) electrons. The van der Waals surface area contributed by atoms with Gasteiger partial charge in [-0.05, 0) is 35.1 Å². The van der Waals surface area contributed by atoms with Crippen LogP contribution in [0.3, 0.4) is 0 Å². The lowest BCUT2D eigenvalue weighted by Gasteiger charge is -2.22. The summed E-state index contributed by atoms with van der Waals surface area (Å²) in [5, 5.41) is 13.5. The van der Waals surface area contributed by atoms with Gasteiger partial charge in [0.05, 0.1) is 5.92 Å². The second-order valence-corrected chi connectivity index (χ2v) is 8.79. The van der Waals surface area contributed by atoms with Crippen molar-refractivity contribution in [2.45, 2.75) is 37.4 Å². The van der Waals surface area contributed by atoms with Gasteiger partial charge in [-0.2, -0.15) is 13.2 Å². The van der Waals surface area contributed by atoms with Gasteiger partial charge in [-0.25, -0.2) is 4.79 Å². The third-order valence-corrected chi connectivity index (χ3v) is 6.67. The lowest BCUT2D eigenvalue weighted by Crippen LogP contribution is -2.47. The van der Waals surface area contributed by atoms with Crippen molar-refractivity contribution in [2.24, 2.45) is 11.8 Å². The molecule has 2 amide bonds. The Labute approximate surface area is 199 Å². The minimum absolute atomic E-state index is 0.0926. The maximum atomic E-state index is 12.8. The number of halogens is 3. The Morgan fingerprint density at radius 3 is 2.17 bits per heavy atom. The van der Waals surface area contributed by atoms with Crippen LogP contribution in [-0.2, 0) is 14.3 Å². The highest BCUT2D eigenvalue weighted by molar-refractivity contribution is 5.82. The molecule has 0 bridgehead atoms. The van der Waals surface area contributed by atoms with Crippen LogP contribution in [0.15, 0.2) is 48.5 Å². The quantitative estimate of drug-likeness (QED) is 0.543. The average Bonchev–Trinajstić information content (AvgIpc) is 3.39. The van der Waals surface area contributed by atoms with Gasteiger partial charge in [-0.3, -0.25) is 9.59 Å². The minimum atomic E-state index is -4.98. The normalized spacial score (nSPS) is 20.0. The molecule has 2 aromatic carbocycles. The third kappa shape index (κ3) is 5.26. The highest BCUT2D eigenvalue weighted by Gasteiger charge is 2.46. The van der Waals surface area contributed by atoms with E-state index in [0.717, 1.165) is 22.3 Å². The van der Waals surface area contributed by atoms with Gasteiger partial charge in [0.1, 0.15) is 6.61 Å². The molecule has 186 valence electrons. The van der Waals surface area contributed by atoms with E-state index in [2.05, 4.69) is 10.6 Å². The van der Waals surface area contributed by atoms with Gasteiger partial charge < -0.3 is 20.5 Å². The number of rotatable bonds is 7. The summed E-state index contributed by atoms with van der Waals surface area (Å²) in [4.78, 5) is 35.9. The summed E-state index contributed by atoms with van der Waals surface area (Å²) in [6.07, 6.45) is -4.27. The van der Waals surface area contributed by atoms with Gasteiger partial charge >= 0.3 is 18.2 Å². The summed E-state index contributed by atoms with van der Waals surface area (Å²) < 4.78 is 44.0. The number of hydrogen-bond acceptors (Lipinski definition) is 4. The minimum Gasteiger partial charge on any atom is -0.481 e. The van der Waals surface area contributed by atoms with Crippen molar-refractivity contribution in [3.63, 3.8) is 0 Å². The van der Waals surface area contributed by atoms with E-state index in [4.69, 9.17) is 9.84 Å². The molecule has 0 saturated heterocycles. The molecular weight excluding hydrogens is 465 g/mol. The molecule has 0 aliphatic heterocycles. The Bertz CT molecular complexity index is 1070. The second-order valence-electron chi connectivity index (χ2n) is 8.79. The maximum absolute atomic E-state index is 12.8. The van der Waals surface area contributed by atoms with Crippen molar-refractivity contribution in [3.05, 3.63) is 59.7 Å². The number of carbonyl (C=O) groups is 3. The van der Waals surface area contributed by atoms with Gasteiger partial charge in [-0.15, -0.1) is 0 Å². The number of amides is 2. The molecule has 1 unspecified atom stereocenters. The van der Waals surface area contributed by atoms with Gasteiger partial charge in [0.2, 0.25) is 5.91 Å². The first-order valence-electron chi connectivity index (χ1n) is 11.4. The lowest BCUT2D eigenvalue weighted by atomic mass is 9.98. The Hall–Kier alpha value is -3.56. The molecule has 3 N–H and O–H groups in total. The zero-order chi connectivity index (χ0) is 25.2. The number of hydrogen-bond donors (Lipinski definition) is 3. The molecule has 1 saturated carbocycles. The number of alkyl carbamates (subject to hydrolysis) is 1. The summed E-state index contributed by atoms with van der Waals surface area (Å²) >= 11 is 0. The molecule has 2 aliphatic rings. The van der Waals surface area contributed by atoms with Crippen LogP contribution in [0.1, 0.15) is 36.3 Å². The van der Waals surface area contributed by atoms with Crippen molar-refractivity contribution < 1.29 is 37.4 Å². The van der Waals surface area contributed by atoms with E-state index in [0.29, 0.717) is 19.3 Å². The zero-order valence-electron chi connectivity index (χ0n) is 18.7.